The van der Waals surface area contributed by atoms with Gasteiger partial charge in [-0.2, -0.15) is 0 Å². The highest BCUT2D eigenvalue weighted by Gasteiger charge is 2.41. The molecule has 7 nitrogen and oxygen atoms in total. The number of hydrogen-bond donors (Lipinski definition) is 2. The molecule has 1 unspecified atom stereocenters. The Morgan fingerprint density at radius 2 is 2.00 bits per heavy atom. The van der Waals surface area contributed by atoms with Crippen LogP contribution in [0.5, 0.6) is 0 Å². The third kappa shape index (κ3) is 5.05. The number of amides is 3. The van der Waals surface area contributed by atoms with Gasteiger partial charge in [0.15, 0.2) is 5.13 Å². The number of carbonyl (C=O) groups excluding carboxylic acids is 3. The van der Waals surface area contributed by atoms with E-state index in [1.807, 2.05) is 22.4 Å². The largest absolute Gasteiger partial charge is 0.356 e. The average molecular weight is 427 g/mol. The molecular formula is C22H26N4O3S. The van der Waals surface area contributed by atoms with Gasteiger partial charge in [-0.25, -0.2) is 4.98 Å². The van der Waals surface area contributed by atoms with Crippen LogP contribution < -0.4 is 10.6 Å². The Hall–Kier alpha value is -2.74. The smallest absolute Gasteiger partial charge is 0.231 e. The summed E-state index contributed by atoms with van der Waals surface area (Å²) in [6, 6.07) is 8.54. The van der Waals surface area contributed by atoms with Crippen molar-refractivity contribution < 1.29 is 14.4 Å². The van der Waals surface area contributed by atoms with Gasteiger partial charge in [0.2, 0.25) is 17.7 Å². The van der Waals surface area contributed by atoms with Gasteiger partial charge in [-0.3, -0.25) is 14.4 Å². The minimum Gasteiger partial charge on any atom is -0.356 e. The zero-order valence-electron chi connectivity index (χ0n) is 17.0. The van der Waals surface area contributed by atoms with Crippen LogP contribution in [0.1, 0.15) is 38.2 Å². The molecule has 4 rings (SSSR count). The van der Waals surface area contributed by atoms with Crippen LogP contribution in [0.4, 0.5) is 5.13 Å². The SMILES string of the molecule is CC(=O)NCCCc1ccc(-c2csc(NC(=O)C3CC(=O)N(C4CC4)C3)n2)cc1. The summed E-state index contributed by atoms with van der Waals surface area (Å²) < 4.78 is 0. The number of nitrogens with one attached hydrogen (secondary N) is 2. The van der Waals surface area contributed by atoms with Gasteiger partial charge in [0.1, 0.15) is 0 Å². The second-order valence-electron chi connectivity index (χ2n) is 7.99. The monoisotopic (exact) mass is 426 g/mol. The molecule has 0 bridgehead atoms. The van der Waals surface area contributed by atoms with Crippen molar-refractivity contribution in [2.24, 2.45) is 5.92 Å². The summed E-state index contributed by atoms with van der Waals surface area (Å²) in [5.74, 6) is -0.324. The molecule has 0 spiro atoms. The van der Waals surface area contributed by atoms with Crippen molar-refractivity contribution in [3.63, 3.8) is 0 Å². The molecule has 2 heterocycles. The third-order valence-electron chi connectivity index (χ3n) is 5.52. The van der Waals surface area contributed by atoms with Crippen LogP contribution in [0.3, 0.4) is 0 Å². The molecule has 0 radical (unpaired) electrons. The Morgan fingerprint density at radius 1 is 1.23 bits per heavy atom. The van der Waals surface area contributed by atoms with Gasteiger partial charge in [0.05, 0.1) is 11.6 Å². The first-order chi connectivity index (χ1) is 14.5. The van der Waals surface area contributed by atoms with E-state index in [1.165, 1.54) is 23.8 Å². The Kier molecular flexibility index (Phi) is 6.13. The van der Waals surface area contributed by atoms with E-state index in [1.54, 1.807) is 0 Å². The van der Waals surface area contributed by atoms with Crippen LogP contribution in [-0.2, 0) is 20.8 Å². The zero-order chi connectivity index (χ0) is 21.1. The van der Waals surface area contributed by atoms with Crippen LogP contribution in [0.25, 0.3) is 11.3 Å². The van der Waals surface area contributed by atoms with Crippen molar-refractivity contribution in [2.75, 3.05) is 18.4 Å². The maximum Gasteiger partial charge on any atom is 0.231 e. The summed E-state index contributed by atoms with van der Waals surface area (Å²) in [7, 11) is 0. The Morgan fingerprint density at radius 3 is 2.70 bits per heavy atom. The van der Waals surface area contributed by atoms with Crippen molar-refractivity contribution in [1.82, 2.24) is 15.2 Å². The van der Waals surface area contributed by atoms with Gasteiger partial charge in [-0.05, 0) is 31.2 Å². The van der Waals surface area contributed by atoms with Gasteiger partial charge in [-0.1, -0.05) is 24.3 Å². The topological polar surface area (TPSA) is 91.4 Å². The molecule has 2 aromatic rings. The van der Waals surface area contributed by atoms with Crippen LogP contribution in [0, 0.1) is 5.92 Å². The fraction of sp³-hybridized carbons (Fsp3) is 0.455. The standard InChI is InChI=1S/C22H26N4O3S/c1-14(27)23-10-2-3-15-4-6-16(7-5-15)19-13-30-22(24-19)25-21(29)17-11-20(28)26(12-17)18-8-9-18/h4-7,13,17-18H,2-3,8-12H2,1H3,(H,23,27)(H,24,25,29). The van der Waals surface area contributed by atoms with E-state index in [0.29, 0.717) is 30.7 Å². The molecule has 1 saturated heterocycles. The van der Waals surface area contributed by atoms with Crippen molar-refractivity contribution >= 4 is 34.2 Å². The highest BCUT2D eigenvalue weighted by molar-refractivity contribution is 7.14. The predicted molar refractivity (Wildman–Crippen MR) is 116 cm³/mol. The van der Waals surface area contributed by atoms with Gasteiger partial charge in [0, 0.05) is 43.4 Å². The summed E-state index contributed by atoms with van der Waals surface area (Å²) in [6.07, 6.45) is 4.21. The number of hydrogen-bond acceptors (Lipinski definition) is 5. The molecule has 3 amide bonds. The number of aryl methyl sites for hydroxylation is 1. The molecule has 30 heavy (non-hydrogen) atoms. The molecule has 8 heteroatoms. The Bertz CT molecular complexity index is 936. The minimum absolute atomic E-state index is 0.00320. The van der Waals surface area contributed by atoms with Crippen molar-refractivity contribution in [2.45, 2.75) is 45.1 Å². The lowest BCUT2D eigenvalue weighted by Crippen LogP contribution is -2.29. The number of carbonyl (C=O) groups is 3. The number of rotatable bonds is 8. The van der Waals surface area contributed by atoms with Crippen molar-refractivity contribution in [1.29, 1.82) is 0 Å². The molecule has 158 valence electrons. The third-order valence-corrected chi connectivity index (χ3v) is 6.27. The molecular weight excluding hydrogens is 400 g/mol. The first-order valence-electron chi connectivity index (χ1n) is 10.4. The van der Waals surface area contributed by atoms with Crippen LogP contribution in [0.15, 0.2) is 29.6 Å². The highest BCUT2D eigenvalue weighted by atomic mass is 32.1. The number of nitrogens with zero attached hydrogens (tertiary/aromatic N) is 2. The highest BCUT2D eigenvalue weighted by Crippen LogP contribution is 2.33. The number of benzene rings is 1. The second kappa shape index (κ2) is 8.95. The van der Waals surface area contributed by atoms with Gasteiger partial charge in [-0.15, -0.1) is 11.3 Å². The van der Waals surface area contributed by atoms with Gasteiger partial charge < -0.3 is 15.5 Å². The molecule has 2 aliphatic rings. The van der Waals surface area contributed by atoms with E-state index in [0.717, 1.165) is 36.9 Å². The molecule has 1 atom stereocenters. The number of thiazole rings is 1. The number of anilines is 1. The van der Waals surface area contributed by atoms with Crippen LogP contribution in [0.2, 0.25) is 0 Å². The van der Waals surface area contributed by atoms with E-state index in [9.17, 15) is 14.4 Å². The fourth-order valence-electron chi connectivity index (χ4n) is 3.72. The summed E-state index contributed by atoms with van der Waals surface area (Å²) in [4.78, 5) is 41.9. The molecule has 1 aromatic carbocycles. The number of likely N-dealkylation sites (tertiary alicyclic amines) is 1. The van der Waals surface area contributed by atoms with Gasteiger partial charge >= 0.3 is 0 Å². The molecule has 1 aromatic heterocycles. The van der Waals surface area contributed by atoms with E-state index in [4.69, 9.17) is 0 Å². The lowest BCUT2D eigenvalue weighted by Gasteiger charge is -2.14. The lowest BCUT2D eigenvalue weighted by atomic mass is 10.1. The van der Waals surface area contributed by atoms with E-state index >= 15 is 0 Å². The van der Waals surface area contributed by atoms with Crippen LogP contribution in [-0.4, -0.2) is 46.7 Å². The second-order valence-corrected chi connectivity index (χ2v) is 8.85. The maximum absolute atomic E-state index is 12.6. The molecule has 1 aliphatic heterocycles. The molecule has 1 saturated carbocycles. The quantitative estimate of drug-likeness (QED) is 0.635. The molecule has 2 N–H and O–H groups in total. The number of aromatic nitrogens is 1. The van der Waals surface area contributed by atoms with E-state index < -0.39 is 0 Å². The van der Waals surface area contributed by atoms with Gasteiger partial charge in [0.25, 0.3) is 0 Å². The predicted octanol–water partition coefficient (Wildman–Crippen LogP) is 2.83. The minimum atomic E-state index is -0.290. The average Bonchev–Trinajstić information content (AvgIpc) is 3.33. The zero-order valence-corrected chi connectivity index (χ0v) is 17.8. The lowest BCUT2D eigenvalue weighted by molar-refractivity contribution is -0.128. The Balaban J connectivity index is 1.30. The summed E-state index contributed by atoms with van der Waals surface area (Å²) >= 11 is 1.39. The fourth-order valence-corrected chi connectivity index (χ4v) is 4.44. The first-order valence-corrected chi connectivity index (χ1v) is 11.3. The molecule has 2 fully saturated rings. The van der Waals surface area contributed by atoms with Crippen molar-refractivity contribution in [3.8, 4) is 11.3 Å². The summed E-state index contributed by atoms with van der Waals surface area (Å²) in [5, 5.41) is 8.18. The van der Waals surface area contributed by atoms with E-state index in [-0.39, 0.29) is 23.6 Å². The summed E-state index contributed by atoms with van der Waals surface area (Å²) in [6.45, 7) is 2.73. The summed E-state index contributed by atoms with van der Waals surface area (Å²) in [5.41, 5.74) is 3.02. The first kappa shape index (κ1) is 20.5. The normalized spacial score (nSPS) is 18.5. The maximum atomic E-state index is 12.6. The van der Waals surface area contributed by atoms with Crippen molar-refractivity contribution in [3.05, 3.63) is 35.2 Å². The Labute approximate surface area is 179 Å². The van der Waals surface area contributed by atoms with E-state index in [2.05, 4.69) is 27.8 Å². The van der Waals surface area contributed by atoms with Crippen LogP contribution >= 0.6 is 11.3 Å². The molecule has 1 aliphatic carbocycles.